The molecule has 1 saturated heterocycles. The van der Waals surface area contributed by atoms with Crippen molar-refractivity contribution in [2.75, 3.05) is 79.2 Å². The molecule has 6 nitrogen and oxygen atoms in total. The standard InChI is InChI=1S/C12H25NO5.ClH/c1-3-14-5-7-16-9-11-18-12-10-17-8-6-15-4-2-13-1;/h13H,1-12H2;1H. The van der Waals surface area contributed by atoms with Crippen LogP contribution in [0.15, 0.2) is 0 Å². The second kappa shape index (κ2) is 16.1. The highest BCUT2D eigenvalue weighted by atomic mass is 35.5. The first kappa shape index (κ1) is 19.1. The fourth-order valence-electron chi connectivity index (χ4n) is 1.40. The first-order chi connectivity index (χ1) is 9.00. The Morgan fingerprint density at radius 2 is 0.684 bits per heavy atom. The summed E-state index contributed by atoms with van der Waals surface area (Å²) in [5, 5.41) is 3.24. The number of ether oxygens (including phenoxy) is 5. The Kier molecular flexibility index (Phi) is 16.1. The molecule has 0 saturated carbocycles. The van der Waals surface area contributed by atoms with E-state index in [2.05, 4.69) is 5.32 Å². The smallest absolute Gasteiger partial charge is 0.0701 e. The topological polar surface area (TPSA) is 58.2 Å². The third-order valence-electron chi connectivity index (χ3n) is 2.33. The van der Waals surface area contributed by atoms with Crippen LogP contribution in [-0.4, -0.2) is 79.2 Å². The van der Waals surface area contributed by atoms with Crippen LogP contribution in [0, 0.1) is 0 Å². The van der Waals surface area contributed by atoms with E-state index in [4.69, 9.17) is 23.7 Å². The molecular weight excluding hydrogens is 274 g/mol. The Morgan fingerprint density at radius 3 is 1.00 bits per heavy atom. The van der Waals surface area contributed by atoms with Gasteiger partial charge in [-0.2, -0.15) is 0 Å². The maximum Gasteiger partial charge on any atom is 0.0701 e. The van der Waals surface area contributed by atoms with Crippen LogP contribution in [0.4, 0.5) is 0 Å². The van der Waals surface area contributed by atoms with Gasteiger partial charge in [0.1, 0.15) is 0 Å². The number of rotatable bonds is 0. The van der Waals surface area contributed by atoms with Gasteiger partial charge >= 0.3 is 0 Å². The Bertz CT molecular complexity index is 101. The highest BCUT2D eigenvalue weighted by molar-refractivity contribution is 5.85. The lowest BCUT2D eigenvalue weighted by Crippen LogP contribution is -2.25. The minimum absolute atomic E-state index is 0. The van der Waals surface area contributed by atoms with Crippen molar-refractivity contribution in [3.63, 3.8) is 0 Å². The Hall–Kier alpha value is 0.0500. The lowest BCUT2D eigenvalue weighted by atomic mass is 10.6. The van der Waals surface area contributed by atoms with Gasteiger partial charge in [0.15, 0.2) is 0 Å². The largest absolute Gasteiger partial charge is 0.378 e. The van der Waals surface area contributed by atoms with Gasteiger partial charge in [0.25, 0.3) is 0 Å². The van der Waals surface area contributed by atoms with E-state index in [1.54, 1.807) is 0 Å². The van der Waals surface area contributed by atoms with Crippen LogP contribution >= 0.6 is 12.4 Å². The van der Waals surface area contributed by atoms with Gasteiger partial charge in [-0.25, -0.2) is 0 Å². The number of halogens is 1. The molecule has 1 aliphatic heterocycles. The van der Waals surface area contributed by atoms with Gasteiger partial charge in [0, 0.05) is 13.1 Å². The van der Waals surface area contributed by atoms with Crippen LogP contribution in [0.3, 0.4) is 0 Å². The van der Waals surface area contributed by atoms with Gasteiger partial charge in [-0.3, -0.25) is 0 Å². The Morgan fingerprint density at radius 1 is 0.421 bits per heavy atom. The molecule has 0 unspecified atom stereocenters. The maximum absolute atomic E-state index is 5.39. The molecule has 7 heteroatoms. The van der Waals surface area contributed by atoms with E-state index in [1.807, 2.05) is 0 Å². The van der Waals surface area contributed by atoms with E-state index in [-0.39, 0.29) is 12.4 Å². The van der Waals surface area contributed by atoms with Crippen molar-refractivity contribution in [3.05, 3.63) is 0 Å². The summed E-state index contributed by atoms with van der Waals surface area (Å²) in [6, 6.07) is 0. The van der Waals surface area contributed by atoms with Gasteiger partial charge in [-0.05, 0) is 0 Å². The van der Waals surface area contributed by atoms with E-state index in [0.717, 1.165) is 13.1 Å². The monoisotopic (exact) mass is 299 g/mol. The molecule has 116 valence electrons. The first-order valence-electron chi connectivity index (χ1n) is 6.59. The summed E-state index contributed by atoms with van der Waals surface area (Å²) >= 11 is 0. The average molecular weight is 300 g/mol. The molecule has 19 heavy (non-hydrogen) atoms. The number of nitrogens with one attached hydrogen (secondary N) is 1. The summed E-state index contributed by atoms with van der Waals surface area (Å²) < 4.78 is 26.8. The first-order valence-corrected chi connectivity index (χ1v) is 6.59. The van der Waals surface area contributed by atoms with Crippen LogP contribution in [0.1, 0.15) is 0 Å². The number of hydrogen-bond donors (Lipinski definition) is 1. The predicted molar refractivity (Wildman–Crippen MR) is 74.2 cm³/mol. The molecule has 0 radical (unpaired) electrons. The van der Waals surface area contributed by atoms with Crippen LogP contribution in [0.25, 0.3) is 0 Å². The summed E-state index contributed by atoms with van der Waals surface area (Å²) in [5.41, 5.74) is 0. The minimum atomic E-state index is 0. The van der Waals surface area contributed by atoms with E-state index >= 15 is 0 Å². The van der Waals surface area contributed by atoms with Gasteiger partial charge in [-0.15, -0.1) is 12.4 Å². The van der Waals surface area contributed by atoms with Crippen LogP contribution < -0.4 is 5.32 Å². The summed E-state index contributed by atoms with van der Waals surface area (Å²) in [6.45, 7) is 7.95. The highest BCUT2D eigenvalue weighted by Crippen LogP contribution is 1.84. The van der Waals surface area contributed by atoms with Crippen molar-refractivity contribution < 1.29 is 23.7 Å². The van der Waals surface area contributed by atoms with Gasteiger partial charge in [0.2, 0.25) is 0 Å². The average Bonchev–Trinajstić information content (AvgIpc) is 2.39. The third kappa shape index (κ3) is 14.3. The minimum Gasteiger partial charge on any atom is -0.378 e. The number of hydrogen-bond acceptors (Lipinski definition) is 6. The Balaban J connectivity index is 0.00000324. The van der Waals surface area contributed by atoms with Crippen LogP contribution in [0.2, 0.25) is 0 Å². The molecule has 1 heterocycles. The van der Waals surface area contributed by atoms with E-state index in [1.165, 1.54) is 0 Å². The zero-order chi connectivity index (χ0) is 12.7. The molecule has 1 rings (SSSR count). The molecule has 0 atom stereocenters. The Labute approximate surface area is 121 Å². The second-order valence-corrected chi connectivity index (χ2v) is 3.81. The summed E-state index contributed by atoms with van der Waals surface area (Å²) in [4.78, 5) is 0. The van der Waals surface area contributed by atoms with E-state index in [0.29, 0.717) is 66.1 Å². The molecule has 0 aromatic carbocycles. The summed E-state index contributed by atoms with van der Waals surface area (Å²) in [6.07, 6.45) is 0. The van der Waals surface area contributed by atoms with E-state index < -0.39 is 0 Å². The zero-order valence-corrected chi connectivity index (χ0v) is 12.3. The normalized spacial score (nSPS) is 22.7. The lowest BCUT2D eigenvalue weighted by molar-refractivity contribution is -0.0125. The van der Waals surface area contributed by atoms with Crippen molar-refractivity contribution >= 4 is 12.4 Å². The molecule has 0 aromatic rings. The molecule has 1 aliphatic rings. The van der Waals surface area contributed by atoms with Crippen LogP contribution in [-0.2, 0) is 23.7 Å². The van der Waals surface area contributed by atoms with Crippen molar-refractivity contribution in [1.82, 2.24) is 5.32 Å². The maximum atomic E-state index is 5.39. The molecule has 0 bridgehead atoms. The highest BCUT2D eigenvalue weighted by Gasteiger charge is 1.95. The molecule has 0 aromatic heterocycles. The van der Waals surface area contributed by atoms with E-state index in [9.17, 15) is 0 Å². The van der Waals surface area contributed by atoms with Crippen molar-refractivity contribution in [3.8, 4) is 0 Å². The SMILES string of the molecule is C1COCCOCCOCCOCCOCCN1.Cl. The van der Waals surface area contributed by atoms with Gasteiger partial charge in [-0.1, -0.05) is 0 Å². The summed E-state index contributed by atoms with van der Waals surface area (Å²) in [5.74, 6) is 0. The quantitative estimate of drug-likeness (QED) is 0.684. The third-order valence-corrected chi connectivity index (χ3v) is 2.33. The predicted octanol–water partition coefficient (Wildman–Crippen LogP) is 0.0944. The molecule has 0 spiro atoms. The van der Waals surface area contributed by atoms with Gasteiger partial charge in [0.05, 0.1) is 66.1 Å². The second-order valence-electron chi connectivity index (χ2n) is 3.81. The van der Waals surface area contributed by atoms with Crippen molar-refractivity contribution in [2.45, 2.75) is 0 Å². The van der Waals surface area contributed by atoms with Crippen molar-refractivity contribution in [2.24, 2.45) is 0 Å². The van der Waals surface area contributed by atoms with Gasteiger partial charge < -0.3 is 29.0 Å². The fourth-order valence-corrected chi connectivity index (χ4v) is 1.40. The fraction of sp³-hybridized carbons (Fsp3) is 1.00. The summed E-state index contributed by atoms with van der Waals surface area (Å²) in [7, 11) is 0. The lowest BCUT2D eigenvalue weighted by Gasteiger charge is -2.10. The zero-order valence-electron chi connectivity index (χ0n) is 11.4. The molecule has 1 N–H and O–H groups in total. The van der Waals surface area contributed by atoms with Crippen LogP contribution in [0.5, 0.6) is 0 Å². The van der Waals surface area contributed by atoms with Crippen molar-refractivity contribution in [1.29, 1.82) is 0 Å². The molecular formula is C12H26ClNO5. The molecule has 0 aliphatic carbocycles. The molecule has 0 amide bonds. The molecule has 1 fully saturated rings.